The van der Waals surface area contributed by atoms with Crippen molar-refractivity contribution in [3.05, 3.63) is 48.0 Å². The molecule has 37 heavy (non-hydrogen) atoms. The van der Waals surface area contributed by atoms with E-state index in [2.05, 4.69) is 25.9 Å². The summed E-state index contributed by atoms with van der Waals surface area (Å²) < 4.78 is 0. The van der Waals surface area contributed by atoms with Crippen LogP contribution in [0.4, 0.5) is 0 Å². The van der Waals surface area contributed by atoms with Gasteiger partial charge in [-0.1, -0.05) is 12.1 Å². The molecule has 4 unspecified atom stereocenters. The maximum absolute atomic E-state index is 12.9. The topological polar surface area (TPSA) is 257 Å². The van der Waals surface area contributed by atoms with Crippen LogP contribution in [0.5, 0.6) is 5.75 Å². The lowest BCUT2D eigenvalue weighted by atomic mass is 10.1. The van der Waals surface area contributed by atoms with Gasteiger partial charge in [0.25, 0.3) is 0 Å². The summed E-state index contributed by atoms with van der Waals surface area (Å²) in [4.78, 5) is 67.0. The zero-order chi connectivity index (χ0) is 27.5. The smallest absolute Gasteiger partial charge is 0.326 e. The summed E-state index contributed by atoms with van der Waals surface area (Å²) in [6.07, 6.45) is 1.72. The molecule has 10 N–H and O–H groups in total. The molecule has 2 rings (SSSR count). The van der Waals surface area contributed by atoms with Crippen molar-refractivity contribution >= 4 is 29.7 Å². The van der Waals surface area contributed by atoms with Gasteiger partial charge in [-0.05, 0) is 17.7 Å². The number of carbonyl (C=O) groups is 5. The van der Waals surface area contributed by atoms with Crippen LogP contribution in [0.25, 0.3) is 0 Å². The largest absolute Gasteiger partial charge is 0.508 e. The monoisotopic (exact) mass is 520 g/mol. The molecule has 0 bridgehead atoms. The van der Waals surface area contributed by atoms with Crippen LogP contribution in [0, 0.1) is 0 Å². The number of amides is 3. The molecule has 1 aromatic heterocycles. The molecular formula is C22H28N6O9. The van der Waals surface area contributed by atoms with E-state index in [1.54, 1.807) is 0 Å². The van der Waals surface area contributed by atoms with Gasteiger partial charge in [-0.2, -0.15) is 0 Å². The Morgan fingerprint density at radius 2 is 1.49 bits per heavy atom. The number of H-pyrrole nitrogens is 1. The number of aromatic nitrogens is 2. The molecule has 15 nitrogen and oxygen atoms in total. The van der Waals surface area contributed by atoms with Crippen molar-refractivity contribution in [1.82, 2.24) is 25.9 Å². The number of nitrogens with one attached hydrogen (secondary N) is 4. The lowest BCUT2D eigenvalue weighted by molar-refractivity contribution is -0.142. The summed E-state index contributed by atoms with van der Waals surface area (Å²) in [6.45, 7) is -0.896. The number of carboxylic acid groups (broad SMARTS) is 2. The Morgan fingerprint density at radius 1 is 0.892 bits per heavy atom. The summed E-state index contributed by atoms with van der Waals surface area (Å²) >= 11 is 0. The third kappa shape index (κ3) is 9.23. The van der Waals surface area contributed by atoms with Crippen LogP contribution in [0.15, 0.2) is 36.8 Å². The first-order valence-electron chi connectivity index (χ1n) is 11.0. The normalized spacial score (nSPS) is 14.0. The Morgan fingerprint density at radius 3 is 2.03 bits per heavy atom. The van der Waals surface area contributed by atoms with E-state index in [4.69, 9.17) is 10.8 Å². The Balaban J connectivity index is 2.10. The average Bonchev–Trinajstić information content (AvgIpc) is 3.35. The fourth-order valence-electron chi connectivity index (χ4n) is 3.19. The highest BCUT2D eigenvalue weighted by Gasteiger charge is 2.31. The number of aromatic hydroxyl groups is 1. The van der Waals surface area contributed by atoms with E-state index in [-0.39, 0.29) is 18.6 Å². The van der Waals surface area contributed by atoms with Crippen LogP contribution in [-0.4, -0.2) is 90.8 Å². The number of aliphatic hydroxyl groups is 1. The number of carboxylic acids is 2. The number of phenols is 1. The summed E-state index contributed by atoms with van der Waals surface area (Å²) in [6, 6.07) is -0.154. The van der Waals surface area contributed by atoms with Crippen molar-refractivity contribution in [3.8, 4) is 5.75 Å². The third-order valence-corrected chi connectivity index (χ3v) is 5.15. The maximum atomic E-state index is 12.9. The van der Waals surface area contributed by atoms with Crippen molar-refractivity contribution in [2.24, 2.45) is 5.73 Å². The summed E-state index contributed by atoms with van der Waals surface area (Å²) in [7, 11) is 0. The number of aliphatic carboxylic acids is 2. The van der Waals surface area contributed by atoms with Crippen LogP contribution in [0.1, 0.15) is 17.7 Å². The van der Waals surface area contributed by atoms with E-state index in [1.165, 1.54) is 36.8 Å². The van der Waals surface area contributed by atoms with Crippen molar-refractivity contribution in [2.75, 3.05) is 6.61 Å². The number of nitrogens with zero attached hydrogens (tertiary/aromatic N) is 1. The molecule has 4 atom stereocenters. The molecule has 0 saturated heterocycles. The Kier molecular flexibility index (Phi) is 10.5. The number of imidazole rings is 1. The number of hydrogen-bond donors (Lipinski definition) is 9. The van der Waals surface area contributed by atoms with Crippen LogP contribution >= 0.6 is 0 Å². The predicted molar refractivity (Wildman–Crippen MR) is 125 cm³/mol. The minimum Gasteiger partial charge on any atom is -0.508 e. The second-order valence-electron chi connectivity index (χ2n) is 8.06. The lowest BCUT2D eigenvalue weighted by Gasteiger charge is -2.24. The van der Waals surface area contributed by atoms with Gasteiger partial charge in [0, 0.05) is 24.7 Å². The van der Waals surface area contributed by atoms with Gasteiger partial charge >= 0.3 is 11.9 Å². The minimum atomic E-state index is -1.58. The van der Waals surface area contributed by atoms with Crippen LogP contribution < -0.4 is 21.7 Å². The average molecular weight is 520 g/mol. The van der Waals surface area contributed by atoms with Gasteiger partial charge in [0.05, 0.1) is 25.4 Å². The first kappa shape index (κ1) is 28.7. The standard InChI is InChI=1S/C22H28N6O9/c23-14(7-18(31)32)19(33)26-15(6-12-8-24-10-25-12)20(34)28-17(9-29)21(35)27-16(22(36)37)5-11-1-3-13(30)4-2-11/h1-4,8,10,14-17,29-30H,5-7,9,23H2,(H,24,25)(H,26,33)(H,27,35)(H,28,34)(H,31,32)(H,36,37). The fraction of sp³-hybridized carbons (Fsp3) is 0.364. The molecule has 0 spiro atoms. The van der Waals surface area contributed by atoms with Crippen molar-refractivity contribution in [1.29, 1.82) is 0 Å². The van der Waals surface area contributed by atoms with Crippen molar-refractivity contribution < 1.29 is 44.4 Å². The molecule has 15 heteroatoms. The molecule has 0 saturated carbocycles. The third-order valence-electron chi connectivity index (χ3n) is 5.15. The van der Waals surface area contributed by atoms with Gasteiger partial charge in [0.15, 0.2) is 0 Å². The van der Waals surface area contributed by atoms with Crippen LogP contribution in [0.3, 0.4) is 0 Å². The number of hydrogen-bond acceptors (Lipinski definition) is 9. The molecule has 0 radical (unpaired) electrons. The van der Waals surface area contributed by atoms with Gasteiger partial charge in [0.1, 0.15) is 23.9 Å². The van der Waals surface area contributed by atoms with Crippen molar-refractivity contribution in [3.63, 3.8) is 0 Å². The zero-order valence-electron chi connectivity index (χ0n) is 19.5. The summed E-state index contributed by atoms with van der Waals surface area (Å²) in [5.41, 5.74) is 6.46. The van der Waals surface area contributed by atoms with E-state index in [9.17, 15) is 39.3 Å². The highest BCUT2D eigenvalue weighted by Crippen LogP contribution is 2.11. The zero-order valence-corrected chi connectivity index (χ0v) is 19.5. The Hall–Kier alpha value is -4.50. The van der Waals surface area contributed by atoms with E-state index in [0.717, 1.165) is 0 Å². The number of carbonyl (C=O) groups excluding carboxylic acids is 3. The fourth-order valence-corrected chi connectivity index (χ4v) is 3.19. The number of rotatable bonds is 14. The SMILES string of the molecule is NC(CC(=O)O)C(=O)NC(Cc1cnc[nH]1)C(=O)NC(CO)C(=O)NC(Cc1ccc(O)cc1)C(=O)O. The van der Waals surface area contributed by atoms with E-state index >= 15 is 0 Å². The molecule has 2 aromatic rings. The van der Waals surface area contributed by atoms with Crippen LogP contribution in [0.2, 0.25) is 0 Å². The molecule has 0 aliphatic carbocycles. The van der Waals surface area contributed by atoms with Gasteiger partial charge in [-0.3, -0.25) is 19.2 Å². The van der Waals surface area contributed by atoms with Gasteiger partial charge in [-0.25, -0.2) is 9.78 Å². The van der Waals surface area contributed by atoms with Crippen LogP contribution in [-0.2, 0) is 36.8 Å². The highest BCUT2D eigenvalue weighted by molar-refractivity contribution is 5.95. The lowest BCUT2D eigenvalue weighted by Crippen LogP contribution is -2.58. The number of aliphatic hydroxyl groups excluding tert-OH is 1. The van der Waals surface area contributed by atoms with Gasteiger partial charge in [-0.15, -0.1) is 0 Å². The molecule has 0 aliphatic rings. The molecular weight excluding hydrogens is 492 g/mol. The van der Waals surface area contributed by atoms with Gasteiger partial charge in [0.2, 0.25) is 17.7 Å². The van der Waals surface area contributed by atoms with E-state index in [0.29, 0.717) is 11.3 Å². The number of benzene rings is 1. The first-order valence-corrected chi connectivity index (χ1v) is 11.0. The molecule has 0 fully saturated rings. The first-order chi connectivity index (χ1) is 17.5. The molecule has 0 aliphatic heterocycles. The number of aromatic amines is 1. The van der Waals surface area contributed by atoms with E-state index < -0.39 is 66.9 Å². The Bertz CT molecular complexity index is 1090. The molecule has 200 valence electrons. The quantitative estimate of drug-likeness (QED) is 0.123. The van der Waals surface area contributed by atoms with E-state index in [1.807, 2.05) is 0 Å². The summed E-state index contributed by atoms with van der Waals surface area (Å²) in [5.74, 6) is -5.59. The molecule has 1 heterocycles. The predicted octanol–water partition coefficient (Wildman–Crippen LogP) is -2.77. The molecule has 3 amide bonds. The highest BCUT2D eigenvalue weighted by atomic mass is 16.4. The van der Waals surface area contributed by atoms with Gasteiger partial charge < -0.3 is 47.1 Å². The maximum Gasteiger partial charge on any atom is 0.326 e. The second kappa shape index (κ2) is 13.6. The Labute approximate surface area is 210 Å². The number of phenolic OH excluding ortho intramolecular Hbond substituents is 1. The molecule has 1 aromatic carbocycles. The minimum absolute atomic E-state index is 0.0246. The van der Waals surface area contributed by atoms with Crippen molar-refractivity contribution in [2.45, 2.75) is 43.4 Å². The summed E-state index contributed by atoms with van der Waals surface area (Å²) in [5, 5.41) is 44.2. The number of nitrogens with two attached hydrogens (primary N) is 1. The second-order valence-corrected chi connectivity index (χ2v) is 8.06.